The first kappa shape index (κ1) is 14.0. The lowest BCUT2D eigenvalue weighted by atomic mass is 10.3. The molecule has 1 heterocycles. The standard InChI is InChI=1S/C11H19ClN4O/c1-3-5-13-11-15-7-9(12)10(16-11)14-6-8(17)4-2/h7-8,17H,3-6H2,1-2H3,(H2,13,14,15,16). The number of halogens is 1. The van der Waals surface area contributed by atoms with Crippen molar-refractivity contribution in [3.63, 3.8) is 0 Å². The molecule has 1 aromatic heterocycles. The molecule has 6 heteroatoms. The molecule has 1 atom stereocenters. The number of aromatic nitrogens is 2. The zero-order chi connectivity index (χ0) is 12.7. The molecule has 0 radical (unpaired) electrons. The highest BCUT2D eigenvalue weighted by Gasteiger charge is 2.06. The van der Waals surface area contributed by atoms with Gasteiger partial charge in [-0.05, 0) is 12.8 Å². The second kappa shape index (κ2) is 7.29. The molecule has 0 aliphatic carbocycles. The monoisotopic (exact) mass is 258 g/mol. The van der Waals surface area contributed by atoms with E-state index >= 15 is 0 Å². The molecular formula is C11H19ClN4O. The Morgan fingerprint density at radius 1 is 1.41 bits per heavy atom. The van der Waals surface area contributed by atoms with Crippen molar-refractivity contribution >= 4 is 23.4 Å². The van der Waals surface area contributed by atoms with Crippen LogP contribution < -0.4 is 10.6 Å². The van der Waals surface area contributed by atoms with Crippen molar-refractivity contribution in [1.82, 2.24) is 9.97 Å². The minimum Gasteiger partial charge on any atom is -0.391 e. The molecule has 0 aliphatic heterocycles. The van der Waals surface area contributed by atoms with Crippen molar-refractivity contribution in [2.75, 3.05) is 23.7 Å². The SMILES string of the molecule is CCCNc1ncc(Cl)c(NCC(O)CC)n1. The first-order valence-corrected chi connectivity index (χ1v) is 6.23. The summed E-state index contributed by atoms with van der Waals surface area (Å²) < 4.78 is 0. The summed E-state index contributed by atoms with van der Waals surface area (Å²) in [6.45, 7) is 5.24. The van der Waals surface area contributed by atoms with Gasteiger partial charge in [-0.25, -0.2) is 4.98 Å². The molecule has 0 saturated heterocycles. The molecule has 0 aliphatic rings. The fourth-order valence-electron chi connectivity index (χ4n) is 1.17. The Morgan fingerprint density at radius 3 is 2.82 bits per heavy atom. The van der Waals surface area contributed by atoms with Crippen molar-refractivity contribution in [3.8, 4) is 0 Å². The van der Waals surface area contributed by atoms with E-state index in [4.69, 9.17) is 11.6 Å². The van der Waals surface area contributed by atoms with Crippen LogP contribution in [0.15, 0.2) is 6.20 Å². The second-order valence-corrected chi connectivity index (χ2v) is 4.17. The summed E-state index contributed by atoms with van der Waals surface area (Å²) >= 11 is 5.96. The number of hydrogen-bond acceptors (Lipinski definition) is 5. The van der Waals surface area contributed by atoms with E-state index in [0.717, 1.165) is 13.0 Å². The molecule has 0 bridgehead atoms. The molecule has 0 fully saturated rings. The summed E-state index contributed by atoms with van der Waals surface area (Å²) in [6.07, 6.45) is 2.85. The Bertz CT molecular complexity index is 348. The Labute approximate surface area is 107 Å². The first-order chi connectivity index (χ1) is 8.17. The smallest absolute Gasteiger partial charge is 0.224 e. The molecular weight excluding hydrogens is 240 g/mol. The number of anilines is 2. The lowest BCUT2D eigenvalue weighted by Crippen LogP contribution is -2.19. The van der Waals surface area contributed by atoms with Gasteiger partial charge in [-0.15, -0.1) is 0 Å². The van der Waals surface area contributed by atoms with E-state index in [0.29, 0.717) is 29.8 Å². The third kappa shape index (κ3) is 4.75. The van der Waals surface area contributed by atoms with Crippen LogP contribution in [0.2, 0.25) is 5.02 Å². The van der Waals surface area contributed by atoms with Crippen molar-refractivity contribution in [3.05, 3.63) is 11.2 Å². The number of aliphatic hydroxyl groups excluding tert-OH is 1. The van der Waals surface area contributed by atoms with Crippen LogP contribution in [-0.2, 0) is 0 Å². The van der Waals surface area contributed by atoms with Gasteiger partial charge in [-0.2, -0.15) is 4.98 Å². The fourth-order valence-corrected chi connectivity index (χ4v) is 1.33. The Balaban J connectivity index is 2.62. The van der Waals surface area contributed by atoms with Crippen LogP contribution in [0.5, 0.6) is 0 Å². The lowest BCUT2D eigenvalue weighted by molar-refractivity contribution is 0.183. The molecule has 96 valence electrons. The number of aliphatic hydroxyl groups is 1. The van der Waals surface area contributed by atoms with Gasteiger partial charge < -0.3 is 15.7 Å². The summed E-state index contributed by atoms with van der Waals surface area (Å²) in [4.78, 5) is 8.31. The third-order valence-corrected chi connectivity index (χ3v) is 2.53. The number of rotatable bonds is 7. The average Bonchev–Trinajstić information content (AvgIpc) is 2.35. The molecule has 5 nitrogen and oxygen atoms in total. The Kier molecular flexibility index (Phi) is 6.00. The maximum absolute atomic E-state index is 9.46. The van der Waals surface area contributed by atoms with Crippen molar-refractivity contribution in [2.45, 2.75) is 32.8 Å². The summed E-state index contributed by atoms with van der Waals surface area (Å²) in [5.41, 5.74) is 0. The van der Waals surface area contributed by atoms with Crippen LogP contribution in [0, 0.1) is 0 Å². The van der Waals surface area contributed by atoms with E-state index in [1.807, 2.05) is 6.92 Å². The van der Waals surface area contributed by atoms with Crippen LogP contribution in [0.3, 0.4) is 0 Å². The van der Waals surface area contributed by atoms with Gasteiger partial charge in [0, 0.05) is 13.1 Å². The van der Waals surface area contributed by atoms with Crippen LogP contribution in [0.25, 0.3) is 0 Å². The second-order valence-electron chi connectivity index (χ2n) is 3.76. The average molecular weight is 259 g/mol. The molecule has 1 rings (SSSR count). The van der Waals surface area contributed by atoms with Crippen molar-refractivity contribution in [2.24, 2.45) is 0 Å². The zero-order valence-electron chi connectivity index (χ0n) is 10.2. The van der Waals surface area contributed by atoms with Gasteiger partial charge in [0.15, 0.2) is 5.82 Å². The van der Waals surface area contributed by atoms with Crippen LogP contribution >= 0.6 is 11.6 Å². The van der Waals surface area contributed by atoms with E-state index < -0.39 is 6.10 Å². The fraction of sp³-hybridized carbons (Fsp3) is 0.636. The van der Waals surface area contributed by atoms with Gasteiger partial charge in [-0.1, -0.05) is 25.4 Å². The summed E-state index contributed by atoms with van der Waals surface area (Å²) in [7, 11) is 0. The highest BCUT2D eigenvalue weighted by Crippen LogP contribution is 2.19. The van der Waals surface area contributed by atoms with Gasteiger partial charge in [0.05, 0.1) is 12.3 Å². The third-order valence-electron chi connectivity index (χ3n) is 2.25. The van der Waals surface area contributed by atoms with Crippen LogP contribution in [0.4, 0.5) is 11.8 Å². The summed E-state index contributed by atoms with van der Waals surface area (Å²) in [6, 6.07) is 0. The molecule has 17 heavy (non-hydrogen) atoms. The van der Waals surface area contributed by atoms with Gasteiger partial charge in [-0.3, -0.25) is 0 Å². The van der Waals surface area contributed by atoms with Gasteiger partial charge in [0.1, 0.15) is 5.02 Å². The molecule has 1 unspecified atom stereocenters. The van der Waals surface area contributed by atoms with E-state index in [-0.39, 0.29) is 0 Å². The van der Waals surface area contributed by atoms with Crippen LogP contribution in [-0.4, -0.2) is 34.3 Å². The quantitative estimate of drug-likeness (QED) is 0.699. The normalized spacial score (nSPS) is 12.2. The van der Waals surface area contributed by atoms with E-state index in [1.54, 1.807) is 6.20 Å². The number of nitrogens with one attached hydrogen (secondary N) is 2. The predicted octanol–water partition coefficient (Wildman–Crippen LogP) is 2.13. The Morgan fingerprint density at radius 2 is 2.18 bits per heavy atom. The van der Waals surface area contributed by atoms with E-state index in [2.05, 4.69) is 27.5 Å². The summed E-state index contributed by atoms with van der Waals surface area (Å²) in [5.74, 6) is 1.09. The lowest BCUT2D eigenvalue weighted by Gasteiger charge is -2.12. The van der Waals surface area contributed by atoms with E-state index in [9.17, 15) is 5.11 Å². The highest BCUT2D eigenvalue weighted by atomic mass is 35.5. The van der Waals surface area contributed by atoms with E-state index in [1.165, 1.54) is 0 Å². The zero-order valence-corrected chi connectivity index (χ0v) is 11.0. The Hall–Kier alpha value is -1.07. The molecule has 1 aromatic rings. The number of nitrogens with zero attached hydrogens (tertiary/aromatic N) is 2. The minimum absolute atomic E-state index is 0.395. The maximum Gasteiger partial charge on any atom is 0.224 e. The topological polar surface area (TPSA) is 70.1 Å². The molecule has 0 aromatic carbocycles. The van der Waals surface area contributed by atoms with Crippen molar-refractivity contribution < 1.29 is 5.11 Å². The summed E-state index contributed by atoms with van der Waals surface area (Å²) in [5, 5.41) is 16.0. The minimum atomic E-state index is -0.395. The van der Waals surface area contributed by atoms with Gasteiger partial charge >= 0.3 is 0 Å². The first-order valence-electron chi connectivity index (χ1n) is 5.85. The van der Waals surface area contributed by atoms with Crippen molar-refractivity contribution in [1.29, 1.82) is 0 Å². The molecule has 3 N–H and O–H groups in total. The van der Waals surface area contributed by atoms with Gasteiger partial charge in [0.2, 0.25) is 5.95 Å². The largest absolute Gasteiger partial charge is 0.391 e. The molecule has 0 saturated carbocycles. The highest BCUT2D eigenvalue weighted by molar-refractivity contribution is 6.32. The molecule has 0 spiro atoms. The molecule has 0 amide bonds. The predicted molar refractivity (Wildman–Crippen MR) is 70.6 cm³/mol. The maximum atomic E-state index is 9.46. The van der Waals surface area contributed by atoms with Gasteiger partial charge in [0.25, 0.3) is 0 Å². The van der Waals surface area contributed by atoms with Crippen LogP contribution in [0.1, 0.15) is 26.7 Å². The number of hydrogen-bond donors (Lipinski definition) is 3.